The summed E-state index contributed by atoms with van der Waals surface area (Å²) in [6.45, 7) is 11.8. The molecule has 1 saturated heterocycles. The first-order chi connectivity index (χ1) is 13.0. The van der Waals surface area contributed by atoms with Gasteiger partial charge in [-0.2, -0.15) is 0 Å². The van der Waals surface area contributed by atoms with Crippen LogP contribution in [0.3, 0.4) is 0 Å². The quantitative estimate of drug-likeness (QED) is 0.152. The third-order valence-electron chi connectivity index (χ3n) is 4.27. The number of morpholine rings is 1. The number of thioether (sulfide) groups is 1. The molecule has 0 spiro atoms. The zero-order valence-corrected chi connectivity index (χ0v) is 20.4. The van der Waals surface area contributed by atoms with Gasteiger partial charge in [-0.15, -0.1) is 35.7 Å². The molecule has 0 radical (unpaired) electrons. The Balaban J connectivity index is 0.00000392. The number of guanidine groups is 1. The number of halogens is 1. The van der Waals surface area contributed by atoms with Gasteiger partial charge in [0.1, 0.15) is 0 Å². The van der Waals surface area contributed by atoms with Crippen LogP contribution >= 0.6 is 35.7 Å². The predicted molar refractivity (Wildman–Crippen MR) is 129 cm³/mol. The zero-order valence-electron chi connectivity index (χ0n) is 17.2. The molecule has 0 aliphatic carbocycles. The maximum absolute atomic E-state index is 10.7. The zero-order chi connectivity index (χ0) is 19.5. The minimum atomic E-state index is -0.851. The summed E-state index contributed by atoms with van der Waals surface area (Å²) in [6, 6.07) is 8.58. The molecule has 8 heteroatoms. The van der Waals surface area contributed by atoms with Crippen molar-refractivity contribution in [2.45, 2.75) is 31.3 Å². The Morgan fingerprint density at radius 1 is 1.25 bits per heavy atom. The minimum Gasteiger partial charge on any atom is -0.387 e. The molecule has 1 aliphatic rings. The van der Waals surface area contributed by atoms with Gasteiger partial charge in [-0.1, -0.05) is 17.7 Å². The van der Waals surface area contributed by atoms with Gasteiger partial charge in [0.15, 0.2) is 5.96 Å². The molecule has 0 aromatic heterocycles. The van der Waals surface area contributed by atoms with Crippen LogP contribution in [-0.4, -0.2) is 79.8 Å². The number of aliphatic hydroxyl groups is 1. The van der Waals surface area contributed by atoms with Crippen molar-refractivity contribution in [2.75, 3.05) is 58.2 Å². The normalized spacial score (nSPS) is 17.5. The molecule has 6 nitrogen and oxygen atoms in total. The second-order valence-corrected chi connectivity index (χ2v) is 8.34. The Bertz CT molecular complexity index is 578. The lowest BCUT2D eigenvalue weighted by Gasteiger charge is -2.33. The van der Waals surface area contributed by atoms with Gasteiger partial charge in [0.2, 0.25) is 0 Å². The van der Waals surface area contributed by atoms with E-state index in [4.69, 9.17) is 4.74 Å². The van der Waals surface area contributed by atoms with Gasteiger partial charge in [-0.3, -0.25) is 9.89 Å². The Morgan fingerprint density at radius 3 is 2.57 bits per heavy atom. The standard InChI is InChI=1S/C20H34N4O2S.HI/c1-4-21-19(22-9-14-27-18-7-5-17(2)6-8-18)23-15-20(3,25)16-24-10-12-26-13-11-24;/h5-8,25H,4,9-16H2,1-3H3,(H2,21,22,23);1H. The number of rotatable bonds is 9. The number of β-amino-alcohol motifs (C(OH)–C–C–N with tert-alkyl or cyclic N) is 1. The summed E-state index contributed by atoms with van der Waals surface area (Å²) in [5.74, 6) is 1.71. The van der Waals surface area contributed by atoms with Crippen molar-refractivity contribution in [1.29, 1.82) is 0 Å². The molecular formula is C20H35IN4O2S. The number of benzene rings is 1. The van der Waals surface area contributed by atoms with Crippen molar-refractivity contribution < 1.29 is 9.84 Å². The summed E-state index contributed by atoms with van der Waals surface area (Å²) in [5, 5.41) is 17.3. The van der Waals surface area contributed by atoms with Crippen LogP contribution in [0, 0.1) is 6.92 Å². The summed E-state index contributed by atoms with van der Waals surface area (Å²) in [5.41, 5.74) is 0.430. The Hall–Kier alpha value is -0.550. The summed E-state index contributed by atoms with van der Waals surface area (Å²) < 4.78 is 5.36. The van der Waals surface area contributed by atoms with Crippen LogP contribution in [-0.2, 0) is 4.74 Å². The van der Waals surface area contributed by atoms with E-state index in [-0.39, 0.29) is 24.0 Å². The lowest BCUT2D eigenvalue weighted by molar-refractivity contribution is -0.0179. The number of nitrogens with zero attached hydrogens (tertiary/aromatic N) is 2. The fraction of sp³-hybridized carbons (Fsp3) is 0.650. The van der Waals surface area contributed by atoms with Gasteiger partial charge in [0, 0.05) is 43.4 Å². The van der Waals surface area contributed by atoms with E-state index in [0.29, 0.717) is 13.1 Å². The van der Waals surface area contributed by atoms with Crippen LogP contribution in [0.1, 0.15) is 19.4 Å². The number of ether oxygens (including phenoxy) is 1. The lowest BCUT2D eigenvalue weighted by atomic mass is 10.1. The third kappa shape index (κ3) is 10.3. The van der Waals surface area contributed by atoms with E-state index >= 15 is 0 Å². The predicted octanol–water partition coefficient (Wildman–Crippen LogP) is 2.34. The molecule has 28 heavy (non-hydrogen) atoms. The van der Waals surface area contributed by atoms with Crippen molar-refractivity contribution in [1.82, 2.24) is 15.5 Å². The molecule has 0 saturated carbocycles. The van der Waals surface area contributed by atoms with E-state index in [1.807, 2.05) is 25.6 Å². The number of nitrogens with one attached hydrogen (secondary N) is 2. The van der Waals surface area contributed by atoms with E-state index in [1.54, 1.807) is 0 Å². The fourth-order valence-electron chi connectivity index (χ4n) is 2.85. The molecule has 1 aliphatic heterocycles. The van der Waals surface area contributed by atoms with Crippen molar-refractivity contribution in [3.8, 4) is 0 Å². The molecule has 0 bridgehead atoms. The van der Waals surface area contributed by atoms with Crippen LogP contribution in [0.2, 0.25) is 0 Å². The van der Waals surface area contributed by atoms with Gasteiger partial charge < -0.3 is 20.5 Å². The topological polar surface area (TPSA) is 69.1 Å². The lowest BCUT2D eigenvalue weighted by Crippen LogP contribution is -2.48. The van der Waals surface area contributed by atoms with Gasteiger partial charge in [-0.05, 0) is 32.9 Å². The van der Waals surface area contributed by atoms with Crippen LogP contribution in [0.15, 0.2) is 34.2 Å². The SMILES string of the molecule is CCNC(=NCC(C)(O)CN1CCOCC1)NCCSc1ccc(C)cc1.I. The average Bonchev–Trinajstić information content (AvgIpc) is 2.65. The first-order valence-corrected chi connectivity index (χ1v) is 10.7. The smallest absolute Gasteiger partial charge is 0.191 e. The Morgan fingerprint density at radius 2 is 1.93 bits per heavy atom. The van der Waals surface area contributed by atoms with Crippen LogP contribution in [0.25, 0.3) is 0 Å². The molecule has 1 fully saturated rings. The molecule has 1 heterocycles. The first kappa shape index (κ1) is 25.5. The molecule has 1 aromatic carbocycles. The van der Waals surface area contributed by atoms with Crippen LogP contribution in [0.4, 0.5) is 0 Å². The first-order valence-electron chi connectivity index (χ1n) is 9.72. The second kappa shape index (κ2) is 13.6. The summed E-state index contributed by atoms with van der Waals surface area (Å²) in [4.78, 5) is 8.09. The summed E-state index contributed by atoms with van der Waals surface area (Å²) in [7, 11) is 0. The summed E-state index contributed by atoms with van der Waals surface area (Å²) in [6.07, 6.45) is 0. The van der Waals surface area contributed by atoms with Gasteiger partial charge in [-0.25, -0.2) is 0 Å². The van der Waals surface area contributed by atoms with Crippen molar-refractivity contribution in [2.24, 2.45) is 4.99 Å². The second-order valence-electron chi connectivity index (χ2n) is 7.17. The highest BCUT2D eigenvalue weighted by Gasteiger charge is 2.25. The molecule has 0 amide bonds. The Kier molecular flexibility index (Phi) is 12.4. The van der Waals surface area contributed by atoms with Gasteiger partial charge >= 0.3 is 0 Å². The highest BCUT2D eigenvalue weighted by Crippen LogP contribution is 2.17. The maximum atomic E-state index is 10.7. The van der Waals surface area contributed by atoms with E-state index in [2.05, 4.69) is 51.7 Å². The molecule has 1 atom stereocenters. The molecule has 3 N–H and O–H groups in total. The molecule has 2 rings (SSSR count). The maximum Gasteiger partial charge on any atom is 0.191 e. The molecule has 1 aromatic rings. The molecule has 1 unspecified atom stereocenters. The summed E-state index contributed by atoms with van der Waals surface area (Å²) >= 11 is 1.82. The largest absolute Gasteiger partial charge is 0.387 e. The van der Waals surface area contributed by atoms with Crippen molar-refractivity contribution >= 4 is 41.7 Å². The minimum absolute atomic E-state index is 0. The van der Waals surface area contributed by atoms with Crippen molar-refractivity contribution in [3.63, 3.8) is 0 Å². The molecular weight excluding hydrogens is 487 g/mol. The van der Waals surface area contributed by atoms with Gasteiger partial charge in [0.05, 0.1) is 25.4 Å². The average molecular weight is 522 g/mol. The van der Waals surface area contributed by atoms with Crippen molar-refractivity contribution in [3.05, 3.63) is 29.8 Å². The highest BCUT2D eigenvalue weighted by molar-refractivity contribution is 14.0. The highest BCUT2D eigenvalue weighted by atomic mass is 127. The number of aliphatic imine (C=N–C) groups is 1. The van der Waals surface area contributed by atoms with E-state index in [0.717, 1.165) is 51.1 Å². The van der Waals surface area contributed by atoms with E-state index in [9.17, 15) is 5.11 Å². The number of aryl methyl sites for hydroxylation is 1. The van der Waals surface area contributed by atoms with Crippen LogP contribution < -0.4 is 10.6 Å². The van der Waals surface area contributed by atoms with Crippen LogP contribution in [0.5, 0.6) is 0 Å². The monoisotopic (exact) mass is 522 g/mol. The van der Waals surface area contributed by atoms with E-state index < -0.39 is 5.60 Å². The van der Waals surface area contributed by atoms with Gasteiger partial charge in [0.25, 0.3) is 0 Å². The number of hydrogen-bond donors (Lipinski definition) is 3. The van der Waals surface area contributed by atoms with E-state index in [1.165, 1.54) is 10.5 Å². The number of hydrogen-bond acceptors (Lipinski definition) is 5. The Labute approximate surface area is 190 Å². The fourth-order valence-corrected chi connectivity index (χ4v) is 3.62. The third-order valence-corrected chi connectivity index (χ3v) is 5.29. The molecule has 160 valence electrons.